The topological polar surface area (TPSA) is 93.2 Å². The number of carbonyl (C=O) groups excluding carboxylic acids is 2. The van der Waals surface area contributed by atoms with E-state index in [9.17, 15) is 9.59 Å². The standard InChI is InChI=1S/C17H29N5O2/c1-12-14(10-20-22(12)17(2,3)4)16(24)21-9-5-6-13(11-21)15(23)19-8-7-18/h10,13H,5-9,11,18H2,1-4H3,(H,19,23). The Balaban J connectivity index is 2.10. The van der Waals surface area contributed by atoms with E-state index >= 15 is 0 Å². The molecule has 0 aromatic carbocycles. The lowest BCUT2D eigenvalue weighted by Crippen LogP contribution is -2.46. The lowest BCUT2D eigenvalue weighted by atomic mass is 9.96. The van der Waals surface area contributed by atoms with Crippen LogP contribution in [0.25, 0.3) is 0 Å². The third-order valence-electron chi connectivity index (χ3n) is 4.40. The second-order valence-corrected chi connectivity index (χ2v) is 7.40. The Kier molecular flexibility index (Phi) is 5.64. The van der Waals surface area contributed by atoms with Crippen LogP contribution < -0.4 is 11.1 Å². The molecule has 0 bridgehead atoms. The summed E-state index contributed by atoms with van der Waals surface area (Å²) < 4.78 is 1.87. The molecule has 1 aliphatic heterocycles. The van der Waals surface area contributed by atoms with Crippen LogP contribution in [0.3, 0.4) is 0 Å². The highest BCUT2D eigenvalue weighted by atomic mass is 16.2. The number of likely N-dealkylation sites (tertiary alicyclic amines) is 1. The molecule has 2 amide bonds. The van der Waals surface area contributed by atoms with E-state index in [-0.39, 0.29) is 23.3 Å². The highest BCUT2D eigenvalue weighted by Crippen LogP contribution is 2.22. The Bertz CT molecular complexity index is 603. The van der Waals surface area contributed by atoms with Crippen molar-refractivity contribution in [2.24, 2.45) is 11.7 Å². The SMILES string of the molecule is Cc1c(C(=O)N2CCCC(C(=O)NCCN)C2)cnn1C(C)(C)C. The first-order chi connectivity index (χ1) is 11.3. The zero-order valence-electron chi connectivity index (χ0n) is 15.1. The number of piperidine rings is 1. The Labute approximate surface area is 143 Å². The van der Waals surface area contributed by atoms with E-state index in [2.05, 4.69) is 31.2 Å². The van der Waals surface area contributed by atoms with Crippen LogP contribution in [0.15, 0.2) is 6.20 Å². The number of nitrogens with zero attached hydrogens (tertiary/aromatic N) is 3. The fourth-order valence-electron chi connectivity index (χ4n) is 3.18. The molecule has 7 nitrogen and oxygen atoms in total. The summed E-state index contributed by atoms with van der Waals surface area (Å²) in [5, 5.41) is 7.19. The van der Waals surface area contributed by atoms with Crippen molar-refractivity contribution in [1.82, 2.24) is 20.0 Å². The summed E-state index contributed by atoms with van der Waals surface area (Å²) in [7, 11) is 0. The van der Waals surface area contributed by atoms with Crippen LogP contribution in [-0.4, -0.2) is 52.7 Å². The first-order valence-electron chi connectivity index (χ1n) is 8.58. The van der Waals surface area contributed by atoms with Crippen molar-refractivity contribution >= 4 is 11.8 Å². The quantitative estimate of drug-likeness (QED) is 0.854. The minimum Gasteiger partial charge on any atom is -0.355 e. The monoisotopic (exact) mass is 335 g/mol. The van der Waals surface area contributed by atoms with Gasteiger partial charge in [-0.2, -0.15) is 5.10 Å². The van der Waals surface area contributed by atoms with E-state index in [0.29, 0.717) is 31.7 Å². The molecule has 0 saturated carbocycles. The second kappa shape index (κ2) is 7.34. The van der Waals surface area contributed by atoms with Gasteiger partial charge in [-0.05, 0) is 40.5 Å². The van der Waals surface area contributed by atoms with Gasteiger partial charge in [-0.1, -0.05) is 0 Å². The summed E-state index contributed by atoms with van der Waals surface area (Å²) in [6, 6.07) is 0. The molecule has 1 saturated heterocycles. The van der Waals surface area contributed by atoms with Crippen LogP contribution in [0.2, 0.25) is 0 Å². The summed E-state index contributed by atoms with van der Waals surface area (Å²) in [6.07, 6.45) is 3.28. The van der Waals surface area contributed by atoms with Crippen LogP contribution in [0.4, 0.5) is 0 Å². The van der Waals surface area contributed by atoms with Gasteiger partial charge in [-0.25, -0.2) is 0 Å². The van der Waals surface area contributed by atoms with Gasteiger partial charge in [0, 0.05) is 31.9 Å². The predicted molar refractivity (Wildman–Crippen MR) is 92.7 cm³/mol. The van der Waals surface area contributed by atoms with Gasteiger partial charge in [0.25, 0.3) is 5.91 Å². The van der Waals surface area contributed by atoms with Crippen molar-refractivity contribution in [2.75, 3.05) is 26.2 Å². The lowest BCUT2D eigenvalue weighted by Gasteiger charge is -2.32. The van der Waals surface area contributed by atoms with Crippen LogP contribution in [0, 0.1) is 12.8 Å². The summed E-state index contributed by atoms with van der Waals surface area (Å²) in [5.74, 6) is -0.216. The van der Waals surface area contributed by atoms with Crippen molar-refractivity contribution in [2.45, 2.75) is 46.1 Å². The van der Waals surface area contributed by atoms with Crippen molar-refractivity contribution in [3.8, 4) is 0 Å². The molecule has 1 aromatic rings. The average Bonchev–Trinajstić information content (AvgIpc) is 2.93. The van der Waals surface area contributed by atoms with E-state index < -0.39 is 0 Å². The van der Waals surface area contributed by atoms with Gasteiger partial charge in [-0.15, -0.1) is 0 Å². The van der Waals surface area contributed by atoms with Crippen LogP contribution in [0.1, 0.15) is 49.7 Å². The molecule has 2 heterocycles. The molecule has 0 spiro atoms. The molecule has 2 rings (SSSR count). The Morgan fingerprint density at radius 3 is 2.71 bits per heavy atom. The van der Waals surface area contributed by atoms with E-state index in [4.69, 9.17) is 5.73 Å². The van der Waals surface area contributed by atoms with Gasteiger partial charge >= 0.3 is 0 Å². The summed E-state index contributed by atoms with van der Waals surface area (Å²) in [5.41, 5.74) is 6.73. The number of amides is 2. The Morgan fingerprint density at radius 1 is 1.42 bits per heavy atom. The van der Waals surface area contributed by atoms with E-state index in [1.165, 1.54) is 0 Å². The Hall–Kier alpha value is -1.89. The number of hydrogen-bond acceptors (Lipinski definition) is 4. The largest absolute Gasteiger partial charge is 0.355 e. The molecule has 0 radical (unpaired) electrons. The number of hydrogen-bond donors (Lipinski definition) is 2. The van der Waals surface area contributed by atoms with Crippen molar-refractivity contribution in [3.05, 3.63) is 17.5 Å². The molecular weight excluding hydrogens is 306 g/mol. The minimum absolute atomic E-state index is 0.0138. The summed E-state index contributed by atoms with van der Waals surface area (Å²) >= 11 is 0. The lowest BCUT2D eigenvalue weighted by molar-refractivity contribution is -0.126. The van der Waals surface area contributed by atoms with Crippen molar-refractivity contribution < 1.29 is 9.59 Å². The van der Waals surface area contributed by atoms with E-state index in [0.717, 1.165) is 18.5 Å². The molecule has 1 atom stereocenters. The third kappa shape index (κ3) is 3.95. The first kappa shape index (κ1) is 18.4. The first-order valence-corrected chi connectivity index (χ1v) is 8.58. The molecule has 24 heavy (non-hydrogen) atoms. The van der Waals surface area contributed by atoms with Gasteiger partial charge in [0.1, 0.15) is 0 Å². The van der Waals surface area contributed by atoms with Crippen LogP contribution in [-0.2, 0) is 10.3 Å². The highest BCUT2D eigenvalue weighted by Gasteiger charge is 2.31. The molecule has 1 aliphatic rings. The maximum absolute atomic E-state index is 12.9. The van der Waals surface area contributed by atoms with E-state index in [1.54, 1.807) is 11.1 Å². The smallest absolute Gasteiger partial charge is 0.257 e. The molecular formula is C17H29N5O2. The molecule has 7 heteroatoms. The number of nitrogens with two attached hydrogens (primary N) is 1. The molecule has 0 aliphatic carbocycles. The van der Waals surface area contributed by atoms with Gasteiger partial charge < -0.3 is 16.0 Å². The molecule has 1 aromatic heterocycles. The second-order valence-electron chi connectivity index (χ2n) is 7.40. The molecule has 1 unspecified atom stereocenters. The van der Waals surface area contributed by atoms with Gasteiger partial charge in [-0.3, -0.25) is 14.3 Å². The minimum atomic E-state index is -0.171. The average molecular weight is 335 g/mol. The molecule has 1 fully saturated rings. The fourth-order valence-corrected chi connectivity index (χ4v) is 3.18. The van der Waals surface area contributed by atoms with E-state index in [1.807, 2.05) is 11.6 Å². The highest BCUT2D eigenvalue weighted by molar-refractivity contribution is 5.95. The number of carbonyl (C=O) groups is 2. The van der Waals surface area contributed by atoms with Gasteiger partial charge in [0.2, 0.25) is 5.91 Å². The maximum Gasteiger partial charge on any atom is 0.257 e. The van der Waals surface area contributed by atoms with Gasteiger partial charge in [0.15, 0.2) is 0 Å². The predicted octanol–water partition coefficient (Wildman–Crippen LogP) is 0.874. The molecule has 3 N–H and O–H groups in total. The Morgan fingerprint density at radius 2 is 2.12 bits per heavy atom. The number of rotatable bonds is 4. The number of aromatic nitrogens is 2. The third-order valence-corrected chi connectivity index (χ3v) is 4.40. The van der Waals surface area contributed by atoms with Crippen molar-refractivity contribution in [1.29, 1.82) is 0 Å². The number of nitrogens with one attached hydrogen (secondary N) is 1. The zero-order valence-corrected chi connectivity index (χ0v) is 15.1. The summed E-state index contributed by atoms with van der Waals surface area (Å²) in [6.45, 7) is 10.1. The zero-order chi connectivity index (χ0) is 17.9. The maximum atomic E-state index is 12.9. The summed E-state index contributed by atoms with van der Waals surface area (Å²) in [4.78, 5) is 26.8. The fraction of sp³-hybridized carbons (Fsp3) is 0.706. The van der Waals surface area contributed by atoms with Crippen molar-refractivity contribution in [3.63, 3.8) is 0 Å². The van der Waals surface area contributed by atoms with Crippen LogP contribution in [0.5, 0.6) is 0 Å². The molecule has 134 valence electrons. The van der Waals surface area contributed by atoms with Gasteiger partial charge in [0.05, 0.1) is 23.2 Å². The van der Waals surface area contributed by atoms with Crippen LogP contribution >= 0.6 is 0 Å². The normalized spacial score (nSPS) is 18.5.